The molecule has 134 valence electrons. The molecule has 0 radical (unpaired) electrons. The van der Waals surface area contributed by atoms with Crippen molar-refractivity contribution in [2.24, 2.45) is 0 Å². The van der Waals surface area contributed by atoms with Gasteiger partial charge in [0.15, 0.2) is 17.3 Å². The number of Topliss-reactive ketones (excluding diaryl/α,β-unsaturated/α-hetero) is 1. The Morgan fingerprint density at radius 3 is 2.69 bits per heavy atom. The smallest absolute Gasteiger partial charge is 0.231 e. The topological polar surface area (TPSA) is 44.8 Å². The van der Waals surface area contributed by atoms with E-state index in [0.717, 1.165) is 44.6 Å². The number of ketones is 1. The number of fused-ring (bicyclic) bond motifs is 1. The summed E-state index contributed by atoms with van der Waals surface area (Å²) in [6.45, 7) is 2.34. The first-order chi connectivity index (χ1) is 12.7. The summed E-state index contributed by atoms with van der Waals surface area (Å²) < 4.78 is 16.4. The fourth-order valence-corrected chi connectivity index (χ4v) is 4.66. The number of rotatable bonds is 5. The monoisotopic (exact) mass is 368 g/mol. The van der Waals surface area contributed by atoms with Gasteiger partial charge in [0, 0.05) is 28.4 Å². The lowest BCUT2D eigenvalue weighted by molar-refractivity contribution is -0.113. The van der Waals surface area contributed by atoms with Crippen molar-refractivity contribution >= 4 is 23.1 Å². The Bertz CT molecular complexity index is 870. The highest BCUT2D eigenvalue weighted by Crippen LogP contribution is 2.51. The highest BCUT2D eigenvalue weighted by molar-refractivity contribution is 8.03. The van der Waals surface area contributed by atoms with Crippen molar-refractivity contribution in [3.8, 4) is 17.2 Å². The summed E-state index contributed by atoms with van der Waals surface area (Å²) in [6, 6.07) is 13.6. The molecule has 4 nitrogen and oxygen atoms in total. The lowest BCUT2D eigenvalue weighted by atomic mass is 9.97. The van der Waals surface area contributed by atoms with Gasteiger partial charge in [-0.25, -0.2) is 0 Å². The lowest BCUT2D eigenvalue weighted by Crippen LogP contribution is -2.01. The number of para-hydroxylation sites is 1. The van der Waals surface area contributed by atoms with E-state index in [0.29, 0.717) is 6.42 Å². The van der Waals surface area contributed by atoms with Crippen molar-refractivity contribution in [2.75, 3.05) is 19.7 Å². The zero-order valence-electron chi connectivity index (χ0n) is 14.8. The van der Waals surface area contributed by atoms with Gasteiger partial charge in [0.2, 0.25) is 6.79 Å². The average Bonchev–Trinajstić information content (AvgIpc) is 3.26. The van der Waals surface area contributed by atoms with Crippen LogP contribution in [-0.2, 0) is 4.79 Å². The van der Waals surface area contributed by atoms with Crippen molar-refractivity contribution < 1.29 is 19.0 Å². The predicted molar refractivity (Wildman–Crippen MR) is 103 cm³/mol. The van der Waals surface area contributed by atoms with Crippen LogP contribution >= 0.6 is 11.8 Å². The second-order valence-corrected chi connectivity index (χ2v) is 7.47. The molecule has 1 aliphatic heterocycles. The molecule has 0 N–H and O–H groups in total. The van der Waals surface area contributed by atoms with Gasteiger partial charge in [-0.05, 0) is 29.5 Å². The Balaban J connectivity index is 1.80. The minimum Gasteiger partial charge on any atom is -0.497 e. The predicted octanol–water partition coefficient (Wildman–Crippen LogP) is 4.64. The molecular formula is C21H20O4S. The highest BCUT2D eigenvalue weighted by Gasteiger charge is 2.37. The molecule has 1 atom stereocenters. The molecule has 1 aliphatic carbocycles. The fraction of sp³-hybridized carbons (Fsp3) is 0.286. The summed E-state index contributed by atoms with van der Waals surface area (Å²) in [5.74, 6) is 3.41. The SMILES string of the molecule is CCSC1=C(c2ccc(OC)cc2)C(=O)CC1c1cccc2c1OCO2. The molecule has 2 aromatic carbocycles. The Labute approximate surface area is 157 Å². The summed E-state index contributed by atoms with van der Waals surface area (Å²) in [6.07, 6.45) is 0.462. The second kappa shape index (κ2) is 7.08. The van der Waals surface area contributed by atoms with Gasteiger partial charge in [-0.15, -0.1) is 11.8 Å². The van der Waals surface area contributed by atoms with Crippen molar-refractivity contribution in [1.82, 2.24) is 0 Å². The van der Waals surface area contributed by atoms with Crippen LogP contribution in [-0.4, -0.2) is 25.4 Å². The highest BCUT2D eigenvalue weighted by atomic mass is 32.2. The van der Waals surface area contributed by atoms with Crippen LogP contribution in [0.4, 0.5) is 0 Å². The van der Waals surface area contributed by atoms with Crippen LogP contribution in [0.3, 0.4) is 0 Å². The first kappa shape index (κ1) is 17.0. The molecule has 0 bridgehead atoms. The summed E-state index contributed by atoms with van der Waals surface area (Å²) in [5, 5.41) is 0. The number of hydrogen-bond donors (Lipinski definition) is 0. The largest absolute Gasteiger partial charge is 0.497 e. The molecule has 5 heteroatoms. The number of benzene rings is 2. The summed E-state index contributed by atoms with van der Waals surface area (Å²) in [7, 11) is 1.64. The van der Waals surface area contributed by atoms with Crippen LogP contribution in [0, 0.1) is 0 Å². The molecule has 2 aromatic rings. The van der Waals surface area contributed by atoms with Gasteiger partial charge in [0.05, 0.1) is 7.11 Å². The summed E-state index contributed by atoms with van der Waals surface area (Å²) >= 11 is 1.74. The normalized spacial score (nSPS) is 18.5. The molecule has 1 heterocycles. The van der Waals surface area contributed by atoms with E-state index in [9.17, 15) is 4.79 Å². The maximum atomic E-state index is 12.9. The van der Waals surface area contributed by atoms with E-state index in [1.165, 1.54) is 0 Å². The average molecular weight is 368 g/mol. The minimum absolute atomic E-state index is 0.0150. The van der Waals surface area contributed by atoms with Crippen molar-refractivity contribution in [1.29, 1.82) is 0 Å². The minimum atomic E-state index is 0.0150. The lowest BCUT2D eigenvalue weighted by Gasteiger charge is -2.16. The zero-order chi connectivity index (χ0) is 18.1. The molecule has 0 amide bonds. The van der Waals surface area contributed by atoms with Crippen molar-refractivity contribution in [2.45, 2.75) is 19.3 Å². The van der Waals surface area contributed by atoms with Crippen LogP contribution in [0.15, 0.2) is 47.4 Å². The molecule has 26 heavy (non-hydrogen) atoms. The van der Waals surface area contributed by atoms with Gasteiger partial charge in [-0.3, -0.25) is 4.79 Å². The molecule has 0 saturated heterocycles. The number of thioether (sulfide) groups is 1. The molecule has 0 saturated carbocycles. The molecule has 1 unspecified atom stereocenters. The molecule has 0 spiro atoms. The Morgan fingerprint density at radius 1 is 1.15 bits per heavy atom. The van der Waals surface area contributed by atoms with E-state index in [-0.39, 0.29) is 18.5 Å². The number of methoxy groups -OCH3 is 1. The first-order valence-corrected chi connectivity index (χ1v) is 9.64. The Kier molecular flexibility index (Phi) is 4.64. The Hall–Kier alpha value is -2.40. The van der Waals surface area contributed by atoms with Gasteiger partial charge < -0.3 is 14.2 Å². The van der Waals surface area contributed by atoms with Crippen LogP contribution in [0.1, 0.15) is 30.4 Å². The second-order valence-electron chi connectivity index (χ2n) is 6.16. The third-order valence-corrected chi connectivity index (χ3v) is 5.80. The van der Waals surface area contributed by atoms with E-state index in [1.807, 2.05) is 42.5 Å². The van der Waals surface area contributed by atoms with Gasteiger partial charge in [0.1, 0.15) is 5.75 Å². The number of carbonyl (C=O) groups excluding carboxylic acids is 1. The van der Waals surface area contributed by atoms with Gasteiger partial charge >= 0.3 is 0 Å². The fourth-order valence-electron chi connectivity index (χ4n) is 3.56. The van der Waals surface area contributed by atoms with Gasteiger partial charge in [-0.1, -0.05) is 31.2 Å². The zero-order valence-corrected chi connectivity index (χ0v) is 15.6. The van der Waals surface area contributed by atoms with Crippen LogP contribution < -0.4 is 14.2 Å². The number of hydrogen-bond acceptors (Lipinski definition) is 5. The van der Waals surface area contributed by atoms with Gasteiger partial charge in [0.25, 0.3) is 0 Å². The van der Waals surface area contributed by atoms with E-state index in [2.05, 4.69) is 6.92 Å². The Morgan fingerprint density at radius 2 is 1.96 bits per heavy atom. The van der Waals surface area contributed by atoms with E-state index in [4.69, 9.17) is 14.2 Å². The number of allylic oxidation sites excluding steroid dienone is 2. The number of ether oxygens (including phenoxy) is 3. The van der Waals surface area contributed by atoms with E-state index < -0.39 is 0 Å². The van der Waals surface area contributed by atoms with E-state index in [1.54, 1.807) is 18.9 Å². The molecular weight excluding hydrogens is 348 g/mol. The van der Waals surface area contributed by atoms with Gasteiger partial charge in [-0.2, -0.15) is 0 Å². The quantitative estimate of drug-likeness (QED) is 0.769. The molecule has 4 rings (SSSR count). The maximum absolute atomic E-state index is 12.9. The first-order valence-electron chi connectivity index (χ1n) is 8.66. The van der Waals surface area contributed by atoms with E-state index >= 15 is 0 Å². The van der Waals surface area contributed by atoms with Crippen LogP contribution in [0.2, 0.25) is 0 Å². The molecule has 0 fully saturated rings. The molecule has 0 aromatic heterocycles. The van der Waals surface area contributed by atoms with Crippen molar-refractivity contribution in [3.63, 3.8) is 0 Å². The number of carbonyl (C=O) groups is 1. The van der Waals surface area contributed by atoms with Crippen LogP contribution in [0.25, 0.3) is 5.57 Å². The molecule has 2 aliphatic rings. The van der Waals surface area contributed by atoms with Crippen molar-refractivity contribution in [3.05, 3.63) is 58.5 Å². The third kappa shape index (κ3) is 2.86. The maximum Gasteiger partial charge on any atom is 0.231 e. The van der Waals surface area contributed by atoms with Crippen LogP contribution in [0.5, 0.6) is 17.2 Å². The summed E-state index contributed by atoms with van der Waals surface area (Å²) in [4.78, 5) is 14.0. The summed E-state index contributed by atoms with van der Waals surface area (Å²) in [5.41, 5.74) is 2.80. The third-order valence-electron chi connectivity index (χ3n) is 4.71. The standard InChI is InChI=1S/C21H20O4S/c1-3-26-21-16(15-5-4-6-18-20(15)25-12-24-18)11-17(22)19(21)13-7-9-14(23-2)10-8-13/h4-10,16H,3,11-12H2,1-2H3.